The molecular formula is C12H16N2O2. The number of nitrogens with one attached hydrogen (secondary N) is 1. The van der Waals surface area contributed by atoms with Gasteiger partial charge >= 0.3 is 0 Å². The van der Waals surface area contributed by atoms with Crippen LogP contribution in [0.15, 0.2) is 24.3 Å². The maximum absolute atomic E-state index is 10.5. The highest BCUT2D eigenvalue weighted by molar-refractivity contribution is 5.73. The van der Waals surface area contributed by atoms with Gasteiger partial charge in [-0.15, -0.1) is 0 Å². The molecule has 0 saturated heterocycles. The van der Waals surface area contributed by atoms with Crippen molar-refractivity contribution >= 4 is 11.6 Å². The molecule has 2 rings (SSSR count). The summed E-state index contributed by atoms with van der Waals surface area (Å²) in [5.41, 5.74) is 6.13. The number of carbonyl (C=O) groups excluding carboxylic acids is 1. The topological polar surface area (TPSA) is 64.4 Å². The van der Waals surface area contributed by atoms with E-state index in [0.717, 1.165) is 11.4 Å². The van der Waals surface area contributed by atoms with E-state index in [0.29, 0.717) is 12.6 Å². The lowest BCUT2D eigenvalue weighted by atomic mass is 10.3. The second-order valence-electron chi connectivity index (χ2n) is 4.01. The Kier molecular flexibility index (Phi) is 3.29. The summed E-state index contributed by atoms with van der Waals surface area (Å²) in [5.74, 6) is 0.426. The molecule has 0 spiro atoms. The van der Waals surface area contributed by atoms with E-state index in [-0.39, 0.29) is 12.3 Å². The maximum Gasteiger partial charge on any atom is 0.220 e. The largest absolute Gasteiger partial charge is 0.493 e. The number of hydrogen-bond acceptors (Lipinski definition) is 3. The first-order valence-corrected chi connectivity index (χ1v) is 5.52. The number of benzene rings is 1. The number of anilines is 1. The minimum Gasteiger partial charge on any atom is -0.493 e. The van der Waals surface area contributed by atoms with Crippen LogP contribution < -0.4 is 15.8 Å². The smallest absolute Gasteiger partial charge is 0.220 e. The second-order valence-corrected chi connectivity index (χ2v) is 4.01. The Morgan fingerprint density at radius 1 is 1.38 bits per heavy atom. The third kappa shape index (κ3) is 3.46. The first kappa shape index (κ1) is 10.8. The molecule has 3 N–H and O–H groups in total. The van der Waals surface area contributed by atoms with Crippen LogP contribution in [0.2, 0.25) is 0 Å². The normalized spacial score (nSPS) is 14.5. The van der Waals surface area contributed by atoms with Crippen LogP contribution in [0.5, 0.6) is 5.75 Å². The molecule has 0 bridgehead atoms. The van der Waals surface area contributed by atoms with E-state index in [1.54, 1.807) is 0 Å². The standard InChI is InChI=1S/C12H16N2O2/c13-12(15)7-8-16-11-5-3-10(4-6-11)14-9-1-2-9/h3-6,9,14H,1-2,7-8H2,(H2,13,15). The van der Waals surface area contributed by atoms with Crippen molar-refractivity contribution in [2.45, 2.75) is 25.3 Å². The Morgan fingerprint density at radius 2 is 2.06 bits per heavy atom. The van der Waals surface area contributed by atoms with Crippen LogP contribution in [0.3, 0.4) is 0 Å². The molecular weight excluding hydrogens is 204 g/mol. The summed E-state index contributed by atoms with van der Waals surface area (Å²) in [7, 11) is 0. The lowest BCUT2D eigenvalue weighted by Gasteiger charge is -2.07. The summed E-state index contributed by atoms with van der Waals surface area (Å²) in [6.07, 6.45) is 2.77. The predicted molar refractivity (Wildman–Crippen MR) is 62.4 cm³/mol. The summed E-state index contributed by atoms with van der Waals surface area (Å²) in [4.78, 5) is 10.5. The molecule has 0 aliphatic heterocycles. The van der Waals surface area contributed by atoms with Crippen LogP contribution in [-0.4, -0.2) is 18.6 Å². The van der Waals surface area contributed by atoms with Gasteiger partial charge in [-0.2, -0.15) is 0 Å². The van der Waals surface area contributed by atoms with E-state index < -0.39 is 0 Å². The van der Waals surface area contributed by atoms with Crippen molar-refractivity contribution < 1.29 is 9.53 Å². The number of nitrogens with two attached hydrogens (primary N) is 1. The van der Waals surface area contributed by atoms with Crippen LogP contribution in [-0.2, 0) is 4.79 Å². The zero-order valence-electron chi connectivity index (χ0n) is 9.11. The third-order valence-corrected chi connectivity index (χ3v) is 2.42. The Bertz CT molecular complexity index is 358. The number of ether oxygens (including phenoxy) is 1. The van der Waals surface area contributed by atoms with E-state index in [4.69, 9.17) is 10.5 Å². The molecule has 16 heavy (non-hydrogen) atoms. The van der Waals surface area contributed by atoms with Gasteiger partial charge in [0.2, 0.25) is 5.91 Å². The van der Waals surface area contributed by atoms with Crippen molar-refractivity contribution in [1.82, 2.24) is 0 Å². The van der Waals surface area contributed by atoms with E-state index in [9.17, 15) is 4.79 Å². The van der Waals surface area contributed by atoms with E-state index in [1.165, 1.54) is 12.8 Å². The Morgan fingerprint density at radius 3 is 2.62 bits per heavy atom. The lowest BCUT2D eigenvalue weighted by molar-refractivity contribution is -0.118. The van der Waals surface area contributed by atoms with E-state index >= 15 is 0 Å². The van der Waals surface area contributed by atoms with Crippen molar-refractivity contribution in [3.05, 3.63) is 24.3 Å². The quantitative estimate of drug-likeness (QED) is 0.763. The van der Waals surface area contributed by atoms with E-state index in [1.807, 2.05) is 24.3 Å². The van der Waals surface area contributed by atoms with Gasteiger partial charge in [-0.3, -0.25) is 4.79 Å². The first-order valence-electron chi connectivity index (χ1n) is 5.52. The first-order chi connectivity index (χ1) is 7.74. The predicted octanol–water partition coefficient (Wildman–Crippen LogP) is 1.52. The molecule has 86 valence electrons. The van der Waals surface area contributed by atoms with Crippen molar-refractivity contribution in [3.63, 3.8) is 0 Å². The molecule has 0 unspecified atom stereocenters. The van der Waals surface area contributed by atoms with Gasteiger partial charge in [-0.25, -0.2) is 0 Å². The molecule has 0 atom stereocenters. The SMILES string of the molecule is NC(=O)CCOc1ccc(NC2CC2)cc1. The number of hydrogen-bond donors (Lipinski definition) is 2. The number of primary amides is 1. The fourth-order valence-corrected chi connectivity index (χ4v) is 1.38. The highest BCUT2D eigenvalue weighted by Gasteiger charge is 2.20. The zero-order valence-corrected chi connectivity index (χ0v) is 9.11. The van der Waals surface area contributed by atoms with Gasteiger partial charge in [0.25, 0.3) is 0 Å². The number of carbonyl (C=O) groups is 1. The highest BCUT2D eigenvalue weighted by atomic mass is 16.5. The van der Waals surface area contributed by atoms with Crippen LogP contribution in [0.4, 0.5) is 5.69 Å². The van der Waals surface area contributed by atoms with Gasteiger partial charge in [0.1, 0.15) is 5.75 Å². The van der Waals surface area contributed by atoms with Crippen molar-refractivity contribution in [1.29, 1.82) is 0 Å². The van der Waals surface area contributed by atoms with Gasteiger partial charge in [-0.1, -0.05) is 0 Å². The molecule has 4 nitrogen and oxygen atoms in total. The van der Waals surface area contributed by atoms with Gasteiger partial charge in [-0.05, 0) is 37.1 Å². The summed E-state index contributed by atoms with van der Waals surface area (Å²) in [6, 6.07) is 8.41. The molecule has 1 aromatic rings. The molecule has 1 aromatic carbocycles. The average molecular weight is 220 g/mol. The van der Waals surface area contributed by atoms with Crippen molar-refractivity contribution in [2.75, 3.05) is 11.9 Å². The summed E-state index contributed by atoms with van der Waals surface area (Å²) < 4.78 is 5.36. The number of rotatable bonds is 6. The summed E-state index contributed by atoms with van der Waals surface area (Å²) in [5, 5.41) is 3.39. The molecule has 1 saturated carbocycles. The molecule has 1 amide bonds. The summed E-state index contributed by atoms with van der Waals surface area (Å²) in [6.45, 7) is 0.338. The Labute approximate surface area is 94.8 Å². The highest BCUT2D eigenvalue weighted by Crippen LogP contribution is 2.25. The van der Waals surface area contributed by atoms with Crippen LogP contribution in [0, 0.1) is 0 Å². The maximum atomic E-state index is 10.5. The fraction of sp³-hybridized carbons (Fsp3) is 0.417. The van der Waals surface area contributed by atoms with Crippen molar-refractivity contribution in [3.8, 4) is 5.75 Å². The van der Waals surface area contributed by atoms with Crippen LogP contribution >= 0.6 is 0 Å². The molecule has 0 aromatic heterocycles. The monoisotopic (exact) mass is 220 g/mol. The zero-order chi connectivity index (χ0) is 11.4. The van der Waals surface area contributed by atoms with Gasteiger partial charge in [0.05, 0.1) is 13.0 Å². The molecule has 1 aliphatic carbocycles. The van der Waals surface area contributed by atoms with Crippen molar-refractivity contribution in [2.24, 2.45) is 5.73 Å². The average Bonchev–Trinajstić information content (AvgIpc) is 3.04. The Hall–Kier alpha value is -1.71. The lowest BCUT2D eigenvalue weighted by Crippen LogP contribution is -2.14. The Balaban J connectivity index is 1.79. The van der Waals surface area contributed by atoms with Crippen LogP contribution in [0.1, 0.15) is 19.3 Å². The minimum atomic E-state index is -0.341. The van der Waals surface area contributed by atoms with Crippen LogP contribution in [0.25, 0.3) is 0 Å². The molecule has 0 radical (unpaired) electrons. The molecule has 4 heteroatoms. The molecule has 1 fully saturated rings. The fourth-order valence-electron chi connectivity index (χ4n) is 1.38. The summed E-state index contributed by atoms with van der Waals surface area (Å²) >= 11 is 0. The number of amides is 1. The van der Waals surface area contributed by atoms with E-state index in [2.05, 4.69) is 5.32 Å². The van der Waals surface area contributed by atoms with Gasteiger partial charge < -0.3 is 15.8 Å². The minimum absolute atomic E-state index is 0.252. The molecule has 1 aliphatic rings. The molecule has 0 heterocycles. The third-order valence-electron chi connectivity index (χ3n) is 2.42. The van der Waals surface area contributed by atoms with Gasteiger partial charge in [0.15, 0.2) is 0 Å². The van der Waals surface area contributed by atoms with Gasteiger partial charge in [0, 0.05) is 11.7 Å². The second kappa shape index (κ2) is 4.88.